The molecule has 0 heterocycles. The normalized spacial score (nSPS) is 13.5. The van der Waals surface area contributed by atoms with Gasteiger partial charge in [0.15, 0.2) is 0 Å². The molecule has 0 unspecified atom stereocenters. The molecule has 0 aromatic heterocycles. The largest absolute Gasteiger partial charge is 0.376 e. The maximum absolute atomic E-state index is 9.71. The minimum absolute atomic E-state index is 0.0773. The minimum atomic E-state index is -0.935. The van der Waals surface area contributed by atoms with Crippen molar-refractivity contribution < 1.29 is 10.2 Å². The number of rotatable bonds is 8. The lowest BCUT2D eigenvalue weighted by molar-refractivity contribution is -0.0155. The fourth-order valence-electron chi connectivity index (χ4n) is 1.63. The molecule has 0 rings (SSSR count). The number of unbranched alkanes of at least 4 members (excludes halogenated alkanes) is 2. The molecule has 0 spiro atoms. The Bertz CT molecular complexity index is 166. The van der Waals surface area contributed by atoms with Crippen LogP contribution in [-0.2, 0) is 0 Å². The van der Waals surface area contributed by atoms with Crippen molar-refractivity contribution in [2.45, 2.75) is 77.9 Å². The van der Waals surface area contributed by atoms with Crippen LogP contribution in [0, 0.1) is 0 Å². The van der Waals surface area contributed by atoms with E-state index in [-0.39, 0.29) is 6.17 Å². The summed E-state index contributed by atoms with van der Waals surface area (Å²) in [4.78, 5) is 0. The van der Waals surface area contributed by atoms with Crippen molar-refractivity contribution in [3.8, 4) is 0 Å². The second-order valence-electron chi connectivity index (χ2n) is 5.46. The number of aliphatic hydroxyl groups is 2. The second kappa shape index (κ2) is 6.55. The lowest BCUT2D eigenvalue weighted by Gasteiger charge is -2.33. The van der Waals surface area contributed by atoms with Gasteiger partial charge in [-0.25, -0.2) is 0 Å². The molecule has 4 heteroatoms. The molecule has 0 bridgehead atoms. The highest BCUT2D eigenvalue weighted by Gasteiger charge is 2.23. The van der Waals surface area contributed by atoms with Crippen LogP contribution in [0.3, 0.4) is 0 Å². The zero-order chi connectivity index (χ0) is 12.8. The summed E-state index contributed by atoms with van der Waals surface area (Å²) in [7, 11) is 0. The van der Waals surface area contributed by atoms with Crippen molar-refractivity contribution in [2.75, 3.05) is 0 Å². The minimum Gasteiger partial charge on any atom is -0.376 e. The maximum atomic E-state index is 9.71. The first-order valence-corrected chi connectivity index (χ1v) is 6.14. The van der Waals surface area contributed by atoms with Crippen molar-refractivity contribution in [1.29, 1.82) is 0 Å². The maximum Gasteiger partial charge on any atom is 0.111 e. The summed E-state index contributed by atoms with van der Waals surface area (Å²) in [5.74, 6) is 0. The van der Waals surface area contributed by atoms with Crippen LogP contribution < -0.4 is 10.6 Å². The van der Waals surface area contributed by atoms with Crippen LogP contribution in [0.1, 0.15) is 60.3 Å². The molecule has 0 aromatic rings. The molecule has 0 saturated heterocycles. The topological polar surface area (TPSA) is 64.5 Å². The van der Waals surface area contributed by atoms with Crippen LogP contribution in [-0.4, -0.2) is 27.8 Å². The molecular formula is C12H28N2O2. The van der Waals surface area contributed by atoms with Crippen LogP contribution in [0.15, 0.2) is 0 Å². The van der Waals surface area contributed by atoms with Crippen molar-refractivity contribution in [3.05, 3.63) is 0 Å². The third-order valence-corrected chi connectivity index (χ3v) is 2.15. The number of hydrogen-bond donors (Lipinski definition) is 4. The van der Waals surface area contributed by atoms with E-state index >= 15 is 0 Å². The Morgan fingerprint density at radius 2 is 1.38 bits per heavy atom. The van der Waals surface area contributed by atoms with Crippen LogP contribution in [0.5, 0.6) is 0 Å². The molecule has 0 amide bonds. The summed E-state index contributed by atoms with van der Waals surface area (Å²) in [6.45, 7) is 8.96. The van der Waals surface area contributed by atoms with Crippen LogP contribution in [0.4, 0.5) is 0 Å². The van der Waals surface area contributed by atoms with Crippen LogP contribution >= 0.6 is 0 Å². The highest BCUT2D eigenvalue weighted by Crippen LogP contribution is 2.08. The summed E-state index contributed by atoms with van der Waals surface area (Å²) in [6, 6.07) is 0. The number of nitrogens with one attached hydrogen (secondary N) is 2. The molecule has 0 radical (unpaired) electrons. The summed E-state index contributed by atoms with van der Waals surface area (Å²) >= 11 is 0. The molecule has 0 aliphatic carbocycles. The first kappa shape index (κ1) is 15.8. The Balaban J connectivity index is 4.17. The highest BCUT2D eigenvalue weighted by atomic mass is 16.3. The van der Waals surface area contributed by atoms with Gasteiger partial charge >= 0.3 is 0 Å². The van der Waals surface area contributed by atoms with Gasteiger partial charge in [0.25, 0.3) is 0 Å². The van der Waals surface area contributed by atoms with E-state index in [9.17, 15) is 10.2 Å². The Morgan fingerprint density at radius 3 is 1.69 bits per heavy atom. The van der Waals surface area contributed by atoms with Gasteiger partial charge in [0, 0.05) is 0 Å². The molecule has 0 saturated carbocycles. The zero-order valence-corrected chi connectivity index (χ0v) is 11.3. The molecule has 4 nitrogen and oxygen atoms in total. The van der Waals surface area contributed by atoms with E-state index in [1.54, 1.807) is 27.7 Å². The monoisotopic (exact) mass is 232 g/mol. The van der Waals surface area contributed by atoms with Crippen LogP contribution in [0.25, 0.3) is 0 Å². The highest BCUT2D eigenvalue weighted by molar-refractivity contribution is 4.76. The standard InChI is InChI=1S/C12H28N2O2/c1-6-7-8-9-10(13-11(2,3)15)14-12(4,5)16/h10,13-16H,6-9H2,1-5H3. The van der Waals surface area contributed by atoms with Crippen molar-refractivity contribution in [1.82, 2.24) is 10.6 Å². The summed E-state index contributed by atoms with van der Waals surface area (Å²) in [5.41, 5.74) is -1.87. The van der Waals surface area contributed by atoms with Gasteiger partial charge in [-0.3, -0.25) is 10.6 Å². The van der Waals surface area contributed by atoms with E-state index in [0.717, 1.165) is 25.7 Å². The van der Waals surface area contributed by atoms with E-state index in [1.165, 1.54) is 0 Å². The van der Waals surface area contributed by atoms with Gasteiger partial charge in [-0.2, -0.15) is 0 Å². The SMILES string of the molecule is CCCCCC(NC(C)(C)O)NC(C)(C)O. The average molecular weight is 232 g/mol. The quantitative estimate of drug-likeness (QED) is 0.378. The summed E-state index contributed by atoms with van der Waals surface area (Å²) in [5, 5.41) is 25.5. The van der Waals surface area contributed by atoms with Gasteiger partial charge in [-0.05, 0) is 34.1 Å². The van der Waals surface area contributed by atoms with Crippen molar-refractivity contribution >= 4 is 0 Å². The van der Waals surface area contributed by atoms with Gasteiger partial charge in [0.1, 0.15) is 11.4 Å². The van der Waals surface area contributed by atoms with Crippen molar-refractivity contribution in [2.24, 2.45) is 0 Å². The molecule has 0 fully saturated rings. The lowest BCUT2D eigenvalue weighted by Crippen LogP contribution is -2.58. The Kier molecular flexibility index (Phi) is 6.48. The van der Waals surface area contributed by atoms with E-state index in [0.29, 0.717) is 0 Å². The lowest BCUT2D eigenvalue weighted by atomic mass is 10.1. The van der Waals surface area contributed by atoms with E-state index in [2.05, 4.69) is 17.6 Å². The van der Waals surface area contributed by atoms with E-state index in [1.807, 2.05) is 0 Å². The smallest absolute Gasteiger partial charge is 0.111 e. The van der Waals surface area contributed by atoms with Gasteiger partial charge < -0.3 is 10.2 Å². The molecule has 0 atom stereocenters. The average Bonchev–Trinajstić information content (AvgIpc) is 1.97. The molecule has 16 heavy (non-hydrogen) atoms. The van der Waals surface area contributed by atoms with Crippen LogP contribution in [0.2, 0.25) is 0 Å². The third kappa shape index (κ3) is 10.4. The predicted molar refractivity (Wildman–Crippen MR) is 66.8 cm³/mol. The Labute approximate surface area is 99.4 Å². The van der Waals surface area contributed by atoms with Gasteiger partial charge in [0.2, 0.25) is 0 Å². The fraction of sp³-hybridized carbons (Fsp3) is 1.00. The fourth-order valence-corrected chi connectivity index (χ4v) is 1.63. The molecule has 0 aliphatic heterocycles. The summed E-state index contributed by atoms with van der Waals surface area (Å²) < 4.78 is 0. The second-order valence-corrected chi connectivity index (χ2v) is 5.46. The molecular weight excluding hydrogens is 204 g/mol. The Morgan fingerprint density at radius 1 is 0.938 bits per heavy atom. The zero-order valence-electron chi connectivity index (χ0n) is 11.3. The first-order valence-electron chi connectivity index (χ1n) is 6.14. The molecule has 0 aromatic carbocycles. The third-order valence-electron chi connectivity index (χ3n) is 2.15. The predicted octanol–water partition coefficient (Wildman–Crippen LogP) is 1.53. The van der Waals surface area contributed by atoms with Gasteiger partial charge in [0.05, 0.1) is 6.17 Å². The molecule has 98 valence electrons. The van der Waals surface area contributed by atoms with Gasteiger partial charge in [-0.15, -0.1) is 0 Å². The summed E-state index contributed by atoms with van der Waals surface area (Å²) in [6.07, 6.45) is 4.22. The Hall–Kier alpha value is -0.160. The van der Waals surface area contributed by atoms with E-state index in [4.69, 9.17) is 0 Å². The van der Waals surface area contributed by atoms with Crippen molar-refractivity contribution in [3.63, 3.8) is 0 Å². The van der Waals surface area contributed by atoms with E-state index < -0.39 is 11.4 Å². The van der Waals surface area contributed by atoms with Gasteiger partial charge in [-0.1, -0.05) is 26.2 Å². The molecule has 4 N–H and O–H groups in total. The first-order chi connectivity index (χ1) is 7.14. The number of hydrogen-bond acceptors (Lipinski definition) is 4. The molecule has 0 aliphatic rings.